The Morgan fingerprint density at radius 2 is 1.77 bits per heavy atom. The molecule has 2 aromatic rings. The van der Waals surface area contributed by atoms with Crippen molar-refractivity contribution in [1.82, 2.24) is 0 Å². The Bertz CT molecular complexity index is 984. The molecule has 6 nitrogen and oxygen atoms in total. The monoisotopic (exact) mass is 442 g/mol. The van der Waals surface area contributed by atoms with Gasteiger partial charge in [0.15, 0.2) is 5.11 Å². The van der Waals surface area contributed by atoms with Crippen molar-refractivity contribution in [2.45, 2.75) is 45.6 Å². The molecule has 0 unspecified atom stereocenters. The topological polar surface area (TPSA) is 68.8 Å². The van der Waals surface area contributed by atoms with Gasteiger partial charge in [0, 0.05) is 11.1 Å². The maximum absolute atomic E-state index is 11.8. The van der Waals surface area contributed by atoms with E-state index >= 15 is 0 Å². The molecule has 0 atom stereocenters. The average molecular weight is 443 g/mol. The van der Waals surface area contributed by atoms with E-state index in [0.717, 1.165) is 16.9 Å². The van der Waals surface area contributed by atoms with Crippen molar-refractivity contribution in [1.29, 1.82) is 0 Å². The molecule has 0 amide bonds. The van der Waals surface area contributed by atoms with Crippen LogP contribution in [0.5, 0.6) is 5.75 Å². The van der Waals surface area contributed by atoms with Gasteiger partial charge in [-0.3, -0.25) is 0 Å². The zero-order valence-electron chi connectivity index (χ0n) is 18.9. The molecule has 3 rings (SSSR count). The van der Waals surface area contributed by atoms with E-state index in [1.807, 2.05) is 6.07 Å². The van der Waals surface area contributed by atoms with E-state index in [4.69, 9.17) is 26.4 Å². The Kier molecular flexibility index (Phi) is 6.57. The molecule has 0 aromatic heterocycles. The van der Waals surface area contributed by atoms with Gasteiger partial charge in [-0.25, -0.2) is 4.79 Å². The summed E-state index contributed by atoms with van der Waals surface area (Å²) in [4.78, 5) is 11.8. The van der Waals surface area contributed by atoms with Crippen LogP contribution in [0.2, 0.25) is 0 Å². The molecule has 1 aliphatic heterocycles. The fourth-order valence-electron chi connectivity index (χ4n) is 3.61. The molecule has 0 fully saturated rings. The van der Waals surface area contributed by atoms with Gasteiger partial charge in [-0.2, -0.15) is 0 Å². The summed E-state index contributed by atoms with van der Waals surface area (Å²) in [5.74, 6) is 0.368. The third kappa shape index (κ3) is 4.99. The van der Waals surface area contributed by atoms with Crippen molar-refractivity contribution in [3.05, 3.63) is 53.1 Å². The SMILES string of the molecule is CCOC(=O)c1ccc(NC(=S)Nc2cc3c(cc2OC)C(C)(C)COC3(C)C)cc1. The first-order valence-electron chi connectivity index (χ1n) is 10.3. The van der Waals surface area contributed by atoms with Gasteiger partial charge in [0.2, 0.25) is 0 Å². The van der Waals surface area contributed by atoms with Crippen LogP contribution in [0.15, 0.2) is 36.4 Å². The molecule has 0 spiro atoms. The Labute approximate surface area is 189 Å². The number of hydrogen-bond acceptors (Lipinski definition) is 5. The number of fused-ring (bicyclic) bond motifs is 1. The van der Waals surface area contributed by atoms with Crippen molar-refractivity contribution in [3.8, 4) is 5.75 Å². The van der Waals surface area contributed by atoms with Crippen LogP contribution in [-0.4, -0.2) is 31.4 Å². The zero-order valence-corrected chi connectivity index (χ0v) is 19.7. The maximum atomic E-state index is 11.8. The number of methoxy groups -OCH3 is 1. The molecule has 2 aromatic carbocycles. The molecule has 0 aliphatic carbocycles. The normalized spacial score (nSPS) is 16.1. The fraction of sp³-hybridized carbons (Fsp3) is 0.417. The minimum absolute atomic E-state index is 0.115. The Morgan fingerprint density at radius 3 is 2.39 bits per heavy atom. The largest absolute Gasteiger partial charge is 0.495 e. The summed E-state index contributed by atoms with van der Waals surface area (Å²) in [7, 11) is 1.65. The number of carbonyl (C=O) groups is 1. The van der Waals surface area contributed by atoms with Crippen LogP contribution < -0.4 is 15.4 Å². The Balaban J connectivity index is 1.81. The molecule has 31 heavy (non-hydrogen) atoms. The van der Waals surface area contributed by atoms with Crippen LogP contribution >= 0.6 is 12.2 Å². The summed E-state index contributed by atoms with van der Waals surface area (Å²) in [6, 6.07) is 11.1. The second-order valence-electron chi connectivity index (χ2n) is 8.66. The van der Waals surface area contributed by atoms with Gasteiger partial charge in [0.25, 0.3) is 0 Å². The van der Waals surface area contributed by atoms with Gasteiger partial charge in [0.1, 0.15) is 5.75 Å². The highest BCUT2D eigenvalue weighted by atomic mass is 32.1. The lowest BCUT2D eigenvalue weighted by Gasteiger charge is -2.42. The highest BCUT2D eigenvalue weighted by Crippen LogP contribution is 2.45. The molecular weight excluding hydrogens is 412 g/mol. The quantitative estimate of drug-likeness (QED) is 0.486. The van der Waals surface area contributed by atoms with Crippen molar-refractivity contribution < 1.29 is 19.0 Å². The number of ether oxygens (including phenoxy) is 3. The molecule has 166 valence electrons. The molecule has 0 radical (unpaired) electrons. The lowest BCUT2D eigenvalue weighted by Crippen LogP contribution is -2.40. The van der Waals surface area contributed by atoms with E-state index in [-0.39, 0.29) is 11.4 Å². The highest BCUT2D eigenvalue weighted by molar-refractivity contribution is 7.80. The summed E-state index contributed by atoms with van der Waals surface area (Å²) in [6.45, 7) is 11.2. The maximum Gasteiger partial charge on any atom is 0.338 e. The predicted molar refractivity (Wildman–Crippen MR) is 127 cm³/mol. The lowest BCUT2D eigenvalue weighted by atomic mass is 9.75. The van der Waals surface area contributed by atoms with Crippen LogP contribution in [0.4, 0.5) is 11.4 Å². The van der Waals surface area contributed by atoms with Gasteiger partial charge in [0.05, 0.1) is 37.2 Å². The molecule has 1 aliphatic rings. The van der Waals surface area contributed by atoms with E-state index in [2.05, 4.69) is 44.4 Å². The number of thiocarbonyl (C=S) groups is 1. The Hall–Kier alpha value is -2.64. The van der Waals surface area contributed by atoms with E-state index < -0.39 is 5.60 Å². The average Bonchev–Trinajstić information content (AvgIpc) is 2.72. The third-order valence-electron chi connectivity index (χ3n) is 5.41. The summed E-state index contributed by atoms with van der Waals surface area (Å²) >= 11 is 5.51. The predicted octanol–water partition coefficient (Wildman–Crippen LogP) is 5.22. The van der Waals surface area contributed by atoms with Gasteiger partial charge in [-0.05, 0) is 80.5 Å². The molecule has 0 saturated carbocycles. The van der Waals surface area contributed by atoms with Gasteiger partial charge in [-0.15, -0.1) is 0 Å². The Morgan fingerprint density at radius 1 is 1.10 bits per heavy atom. The van der Waals surface area contributed by atoms with Gasteiger partial charge in [-0.1, -0.05) is 13.8 Å². The van der Waals surface area contributed by atoms with E-state index in [0.29, 0.717) is 29.6 Å². The van der Waals surface area contributed by atoms with Crippen molar-refractivity contribution in [2.24, 2.45) is 0 Å². The standard InChI is InChI=1S/C24H30N2O4S/c1-7-29-21(27)15-8-10-16(11-9-15)25-22(31)26-19-12-18-17(13-20(19)28-6)23(2,3)14-30-24(18,4)5/h8-13H,7,14H2,1-6H3,(H2,25,26,31). The van der Waals surface area contributed by atoms with Gasteiger partial charge >= 0.3 is 5.97 Å². The van der Waals surface area contributed by atoms with E-state index in [1.54, 1.807) is 38.3 Å². The molecule has 7 heteroatoms. The first-order valence-corrected chi connectivity index (χ1v) is 10.7. The second kappa shape index (κ2) is 8.85. The number of hydrogen-bond donors (Lipinski definition) is 2. The third-order valence-corrected chi connectivity index (χ3v) is 5.62. The van der Waals surface area contributed by atoms with Crippen molar-refractivity contribution in [3.63, 3.8) is 0 Å². The van der Waals surface area contributed by atoms with Crippen LogP contribution in [0, 0.1) is 0 Å². The molecular formula is C24H30N2O4S. The number of esters is 1. The second-order valence-corrected chi connectivity index (χ2v) is 9.07. The fourth-order valence-corrected chi connectivity index (χ4v) is 3.84. The molecule has 2 N–H and O–H groups in total. The van der Waals surface area contributed by atoms with Crippen molar-refractivity contribution >= 4 is 34.7 Å². The number of anilines is 2. The number of benzene rings is 2. The van der Waals surface area contributed by atoms with E-state index in [9.17, 15) is 4.79 Å². The first kappa shape index (κ1) is 23.0. The lowest BCUT2D eigenvalue weighted by molar-refractivity contribution is -0.0587. The summed E-state index contributed by atoms with van der Waals surface area (Å²) in [5.41, 5.74) is 3.80. The zero-order chi connectivity index (χ0) is 22.8. The van der Waals surface area contributed by atoms with Crippen LogP contribution in [0.3, 0.4) is 0 Å². The number of carbonyl (C=O) groups excluding carboxylic acids is 1. The summed E-state index contributed by atoms with van der Waals surface area (Å²) in [6.07, 6.45) is 0. The first-order chi connectivity index (χ1) is 14.6. The minimum atomic E-state index is -0.411. The highest BCUT2D eigenvalue weighted by Gasteiger charge is 2.39. The van der Waals surface area contributed by atoms with Crippen LogP contribution in [0.1, 0.15) is 56.1 Å². The molecule has 0 bridgehead atoms. The number of nitrogens with one attached hydrogen (secondary N) is 2. The summed E-state index contributed by atoms with van der Waals surface area (Å²) in [5, 5.41) is 6.78. The summed E-state index contributed by atoms with van der Waals surface area (Å²) < 4.78 is 16.8. The molecule has 1 heterocycles. The molecule has 0 saturated heterocycles. The smallest absolute Gasteiger partial charge is 0.338 e. The minimum Gasteiger partial charge on any atom is -0.495 e. The van der Waals surface area contributed by atoms with E-state index in [1.165, 1.54) is 5.56 Å². The number of rotatable bonds is 5. The van der Waals surface area contributed by atoms with Crippen LogP contribution in [-0.2, 0) is 20.5 Å². The van der Waals surface area contributed by atoms with Gasteiger partial charge < -0.3 is 24.8 Å². The van der Waals surface area contributed by atoms with Crippen LogP contribution in [0.25, 0.3) is 0 Å². The van der Waals surface area contributed by atoms with Crippen molar-refractivity contribution in [2.75, 3.05) is 31.0 Å².